The molecule has 2 aromatic rings. The number of nitrogens with zero attached hydrogens (tertiary/aromatic N) is 2. The molecule has 1 aliphatic carbocycles. The third-order valence-electron chi connectivity index (χ3n) is 7.31. The maximum Gasteiger partial charge on any atom is 0.326 e. The van der Waals surface area contributed by atoms with Crippen LogP contribution < -0.4 is 4.74 Å². The first-order valence-electron chi connectivity index (χ1n) is 12.5. The summed E-state index contributed by atoms with van der Waals surface area (Å²) in [4.78, 5) is 28.1. The summed E-state index contributed by atoms with van der Waals surface area (Å²) >= 11 is 6.21. The fourth-order valence-electron chi connectivity index (χ4n) is 5.30. The normalized spacial score (nSPS) is 22.6. The molecule has 0 unspecified atom stereocenters. The van der Waals surface area contributed by atoms with Crippen molar-refractivity contribution in [3.63, 3.8) is 0 Å². The van der Waals surface area contributed by atoms with Crippen LogP contribution in [0.3, 0.4) is 0 Å². The zero-order valence-electron chi connectivity index (χ0n) is 19.9. The van der Waals surface area contributed by atoms with Gasteiger partial charge in [-0.25, -0.2) is 13.6 Å². The van der Waals surface area contributed by atoms with Crippen molar-refractivity contribution in [1.82, 2.24) is 9.80 Å². The van der Waals surface area contributed by atoms with Gasteiger partial charge in [0.05, 0.1) is 5.56 Å². The molecule has 2 aliphatic heterocycles. The molecule has 0 aromatic heterocycles. The average molecular weight is 519 g/mol. The van der Waals surface area contributed by atoms with E-state index < -0.39 is 23.7 Å². The number of ether oxygens (including phenoxy) is 1. The molecule has 6 nitrogen and oxygen atoms in total. The molecule has 36 heavy (non-hydrogen) atoms. The molecule has 0 radical (unpaired) electrons. The molecule has 192 valence electrons. The second-order valence-corrected chi connectivity index (χ2v) is 10.4. The number of halogens is 3. The largest absolute Gasteiger partial charge is 0.489 e. The number of carbonyl (C=O) groups is 2. The van der Waals surface area contributed by atoms with Crippen LogP contribution in [0.25, 0.3) is 0 Å². The topological polar surface area (TPSA) is 70.1 Å². The highest BCUT2D eigenvalue weighted by molar-refractivity contribution is 6.31. The Balaban J connectivity index is 1.32. The summed E-state index contributed by atoms with van der Waals surface area (Å²) in [6, 6.07) is 6.34. The van der Waals surface area contributed by atoms with Gasteiger partial charge in [0.2, 0.25) is 0 Å². The number of carboxylic acid groups (broad SMARTS) is 1. The first kappa shape index (κ1) is 25.0. The Hall–Kier alpha value is -2.71. The van der Waals surface area contributed by atoms with Crippen LogP contribution in [-0.4, -0.2) is 58.6 Å². The van der Waals surface area contributed by atoms with Gasteiger partial charge < -0.3 is 14.7 Å². The standard InChI is InChI=1S/C27H29ClF2N2O4/c28-22-11-18(29)8-7-17(22)14-31-9-1-3-19(15-31)36-25-13-23(30)21(12-20(25)16-5-6-16)26(33)32-10-2-4-24(32)27(34)35/h7-8,11-13,16,19,24H,1-6,9-10,14-15H2,(H,34,35)/t19-,24+/m1/s1. The lowest BCUT2D eigenvalue weighted by atomic mass is 10.0. The summed E-state index contributed by atoms with van der Waals surface area (Å²) < 4.78 is 34.9. The van der Waals surface area contributed by atoms with Gasteiger partial charge >= 0.3 is 5.97 Å². The number of carboxylic acids is 1. The number of piperidine rings is 1. The molecule has 5 rings (SSSR count). The molecule has 1 N–H and O–H groups in total. The van der Waals surface area contributed by atoms with E-state index in [9.17, 15) is 19.1 Å². The van der Waals surface area contributed by atoms with Gasteiger partial charge in [-0.1, -0.05) is 17.7 Å². The minimum Gasteiger partial charge on any atom is -0.489 e. The highest BCUT2D eigenvalue weighted by atomic mass is 35.5. The number of likely N-dealkylation sites (tertiary alicyclic amines) is 2. The zero-order chi connectivity index (χ0) is 25.4. The average Bonchev–Trinajstić information content (AvgIpc) is 3.55. The Labute approximate surface area is 213 Å². The molecule has 3 fully saturated rings. The van der Waals surface area contributed by atoms with Gasteiger partial charge in [-0.3, -0.25) is 9.69 Å². The van der Waals surface area contributed by atoms with Crippen molar-refractivity contribution in [1.29, 1.82) is 0 Å². The lowest BCUT2D eigenvalue weighted by molar-refractivity contribution is -0.141. The van der Waals surface area contributed by atoms with Crippen molar-refractivity contribution in [3.05, 3.63) is 63.7 Å². The number of benzene rings is 2. The molecule has 2 saturated heterocycles. The SMILES string of the molecule is O=C(O)[C@@H]1CCCN1C(=O)c1cc(C2CC2)c(O[C@@H]2CCCN(Cc3ccc(F)cc3Cl)C2)cc1F. The fourth-order valence-corrected chi connectivity index (χ4v) is 5.52. The second-order valence-electron chi connectivity index (χ2n) is 9.99. The van der Waals surface area contributed by atoms with Crippen LogP contribution in [0.2, 0.25) is 5.02 Å². The summed E-state index contributed by atoms with van der Waals surface area (Å²) in [5.74, 6) is -2.05. The summed E-state index contributed by atoms with van der Waals surface area (Å²) in [5.41, 5.74) is 1.56. The Kier molecular flexibility index (Phi) is 7.17. The van der Waals surface area contributed by atoms with Gasteiger partial charge in [-0.15, -0.1) is 0 Å². The van der Waals surface area contributed by atoms with Crippen LogP contribution in [0, 0.1) is 11.6 Å². The Morgan fingerprint density at radius 2 is 1.83 bits per heavy atom. The molecule has 2 atom stereocenters. The van der Waals surface area contributed by atoms with Crippen LogP contribution in [0.1, 0.15) is 65.9 Å². The van der Waals surface area contributed by atoms with Crippen molar-refractivity contribution < 1.29 is 28.2 Å². The molecule has 3 aliphatic rings. The van der Waals surface area contributed by atoms with E-state index in [1.165, 1.54) is 23.1 Å². The molecule has 9 heteroatoms. The van der Waals surface area contributed by atoms with Crippen LogP contribution in [0.5, 0.6) is 5.75 Å². The van der Waals surface area contributed by atoms with E-state index in [4.69, 9.17) is 16.3 Å². The summed E-state index contributed by atoms with van der Waals surface area (Å²) in [6.45, 7) is 2.35. The summed E-state index contributed by atoms with van der Waals surface area (Å²) in [7, 11) is 0. The van der Waals surface area contributed by atoms with Crippen LogP contribution in [-0.2, 0) is 11.3 Å². The number of hydrogen-bond donors (Lipinski definition) is 1. The van der Waals surface area contributed by atoms with Crippen molar-refractivity contribution in [2.24, 2.45) is 0 Å². The molecule has 1 amide bonds. The minimum atomic E-state index is -1.06. The van der Waals surface area contributed by atoms with Crippen LogP contribution >= 0.6 is 11.6 Å². The van der Waals surface area contributed by atoms with Gasteiger partial charge in [0, 0.05) is 30.7 Å². The molecular formula is C27H29ClF2N2O4. The second kappa shape index (κ2) is 10.3. The van der Waals surface area contributed by atoms with E-state index >= 15 is 4.39 Å². The lowest BCUT2D eigenvalue weighted by Crippen LogP contribution is -2.41. The van der Waals surface area contributed by atoms with E-state index in [2.05, 4.69) is 4.90 Å². The number of amides is 1. The Morgan fingerprint density at radius 1 is 1.06 bits per heavy atom. The van der Waals surface area contributed by atoms with Gasteiger partial charge in [0.1, 0.15) is 29.5 Å². The highest BCUT2D eigenvalue weighted by Gasteiger charge is 2.37. The van der Waals surface area contributed by atoms with E-state index in [1.807, 2.05) is 0 Å². The van der Waals surface area contributed by atoms with Gasteiger partial charge in [-0.05, 0) is 80.3 Å². The number of aliphatic carboxylic acids is 1. The number of rotatable bonds is 7. The number of carbonyl (C=O) groups excluding carboxylic acids is 1. The molecule has 0 bridgehead atoms. The molecule has 0 spiro atoms. The highest BCUT2D eigenvalue weighted by Crippen LogP contribution is 2.46. The van der Waals surface area contributed by atoms with Gasteiger partial charge in [-0.2, -0.15) is 0 Å². The van der Waals surface area contributed by atoms with E-state index in [0.29, 0.717) is 43.2 Å². The first-order chi connectivity index (χ1) is 17.3. The monoisotopic (exact) mass is 518 g/mol. The smallest absolute Gasteiger partial charge is 0.326 e. The summed E-state index contributed by atoms with van der Waals surface area (Å²) in [5, 5.41) is 9.82. The predicted octanol–water partition coefficient (Wildman–Crippen LogP) is 5.23. The van der Waals surface area contributed by atoms with Crippen molar-refractivity contribution in [2.45, 2.75) is 63.1 Å². The first-order valence-corrected chi connectivity index (χ1v) is 12.9. The third-order valence-corrected chi connectivity index (χ3v) is 7.66. The van der Waals surface area contributed by atoms with Crippen molar-refractivity contribution >= 4 is 23.5 Å². The van der Waals surface area contributed by atoms with Crippen molar-refractivity contribution in [3.8, 4) is 5.75 Å². The third kappa shape index (κ3) is 5.34. The Morgan fingerprint density at radius 3 is 2.56 bits per heavy atom. The fraction of sp³-hybridized carbons (Fsp3) is 0.481. The van der Waals surface area contributed by atoms with E-state index in [0.717, 1.165) is 43.4 Å². The van der Waals surface area contributed by atoms with Gasteiger partial charge in [0.25, 0.3) is 5.91 Å². The molecule has 1 saturated carbocycles. The maximum absolute atomic E-state index is 15.2. The molecular weight excluding hydrogens is 490 g/mol. The summed E-state index contributed by atoms with van der Waals surface area (Å²) in [6.07, 6.45) is 4.39. The lowest BCUT2D eigenvalue weighted by Gasteiger charge is -2.33. The quantitative estimate of drug-likeness (QED) is 0.543. The van der Waals surface area contributed by atoms with E-state index in [-0.39, 0.29) is 23.4 Å². The van der Waals surface area contributed by atoms with Crippen LogP contribution in [0.4, 0.5) is 8.78 Å². The molecule has 2 aromatic carbocycles. The van der Waals surface area contributed by atoms with Crippen molar-refractivity contribution in [2.75, 3.05) is 19.6 Å². The van der Waals surface area contributed by atoms with E-state index in [1.54, 1.807) is 12.1 Å². The maximum atomic E-state index is 15.2. The zero-order valence-corrected chi connectivity index (χ0v) is 20.6. The van der Waals surface area contributed by atoms with Gasteiger partial charge in [0.15, 0.2) is 0 Å². The Bertz CT molecular complexity index is 1170. The molecule has 2 heterocycles. The number of hydrogen-bond acceptors (Lipinski definition) is 4. The van der Waals surface area contributed by atoms with Crippen LogP contribution in [0.15, 0.2) is 30.3 Å². The minimum absolute atomic E-state index is 0.0892. The predicted molar refractivity (Wildman–Crippen MR) is 130 cm³/mol.